The van der Waals surface area contributed by atoms with Crippen LogP contribution in [0.4, 0.5) is 0 Å². The van der Waals surface area contributed by atoms with E-state index in [1.54, 1.807) is 0 Å². The highest BCUT2D eigenvalue weighted by Crippen LogP contribution is 2.24. The van der Waals surface area contributed by atoms with E-state index in [9.17, 15) is 0 Å². The van der Waals surface area contributed by atoms with Crippen molar-refractivity contribution in [1.29, 1.82) is 0 Å². The predicted molar refractivity (Wildman–Crippen MR) is 65.1 cm³/mol. The molecule has 1 unspecified atom stereocenters. The molecule has 2 fully saturated rings. The first-order valence-electron chi connectivity index (χ1n) is 6.77. The summed E-state index contributed by atoms with van der Waals surface area (Å²) in [4.78, 5) is 6.84. The van der Waals surface area contributed by atoms with E-state index in [1.165, 1.54) is 6.42 Å². The van der Waals surface area contributed by atoms with Gasteiger partial charge in [-0.15, -0.1) is 0 Å². The lowest BCUT2D eigenvalue weighted by Gasteiger charge is -2.30. The molecule has 0 radical (unpaired) electrons. The Morgan fingerprint density at radius 2 is 2.44 bits per heavy atom. The quantitative estimate of drug-likeness (QED) is 0.862. The van der Waals surface area contributed by atoms with Gasteiger partial charge in [0.05, 0.1) is 12.6 Å². The fourth-order valence-corrected chi connectivity index (χ4v) is 2.56. The predicted octanol–water partition coefficient (Wildman–Crippen LogP) is 0.887. The lowest BCUT2D eigenvalue weighted by molar-refractivity contribution is -0.0334. The van der Waals surface area contributed by atoms with E-state index in [-0.39, 0.29) is 12.1 Å². The zero-order valence-corrected chi connectivity index (χ0v) is 10.8. The molecule has 2 aliphatic heterocycles. The summed E-state index contributed by atoms with van der Waals surface area (Å²) in [6.45, 7) is 6.81. The van der Waals surface area contributed by atoms with Crippen molar-refractivity contribution in [2.45, 2.75) is 31.9 Å². The monoisotopic (exact) mass is 252 g/mol. The number of hydrogen-bond donors (Lipinski definition) is 1. The molecule has 0 aromatic carbocycles. The van der Waals surface area contributed by atoms with Gasteiger partial charge in [-0.05, 0) is 25.9 Å². The SMILES string of the molecule is CCN1CCOC(c2noc([C@@H]3CCCN3)n2)C1. The van der Waals surface area contributed by atoms with Crippen LogP contribution in [0.15, 0.2) is 4.52 Å². The molecule has 18 heavy (non-hydrogen) atoms. The number of ether oxygens (including phenoxy) is 1. The van der Waals surface area contributed by atoms with Gasteiger partial charge < -0.3 is 14.6 Å². The third-order valence-electron chi connectivity index (χ3n) is 3.70. The van der Waals surface area contributed by atoms with Crippen LogP contribution in [0.3, 0.4) is 0 Å². The van der Waals surface area contributed by atoms with Crippen LogP contribution in [0.25, 0.3) is 0 Å². The van der Waals surface area contributed by atoms with Gasteiger partial charge in [-0.25, -0.2) is 0 Å². The highest BCUT2D eigenvalue weighted by atomic mass is 16.5. The molecule has 2 aliphatic rings. The standard InChI is InChI=1S/C12H20N4O2/c1-2-16-6-7-17-10(8-16)11-14-12(18-15-11)9-4-3-5-13-9/h9-10,13H,2-8H2,1H3/t9-,10?/m0/s1. The number of nitrogens with zero attached hydrogens (tertiary/aromatic N) is 3. The van der Waals surface area contributed by atoms with Crippen LogP contribution >= 0.6 is 0 Å². The molecule has 1 aromatic heterocycles. The maximum absolute atomic E-state index is 5.72. The Kier molecular flexibility index (Phi) is 3.58. The second-order valence-electron chi connectivity index (χ2n) is 4.89. The van der Waals surface area contributed by atoms with Crippen molar-refractivity contribution in [1.82, 2.24) is 20.4 Å². The molecule has 2 saturated heterocycles. The van der Waals surface area contributed by atoms with E-state index in [0.29, 0.717) is 11.7 Å². The number of morpholine rings is 1. The van der Waals surface area contributed by atoms with Gasteiger partial charge in [0.2, 0.25) is 11.7 Å². The molecule has 6 heteroatoms. The molecule has 1 aromatic rings. The van der Waals surface area contributed by atoms with Crippen LogP contribution in [0.5, 0.6) is 0 Å². The van der Waals surface area contributed by atoms with Gasteiger partial charge in [0.15, 0.2) is 0 Å². The molecule has 0 spiro atoms. The summed E-state index contributed by atoms with van der Waals surface area (Å²) in [5, 5.41) is 7.44. The smallest absolute Gasteiger partial charge is 0.243 e. The first-order valence-corrected chi connectivity index (χ1v) is 6.77. The Bertz CT molecular complexity index is 389. The number of nitrogens with one attached hydrogen (secondary N) is 1. The lowest BCUT2D eigenvalue weighted by atomic mass is 10.2. The second kappa shape index (κ2) is 5.34. The number of aromatic nitrogens is 2. The van der Waals surface area contributed by atoms with Gasteiger partial charge in [0.1, 0.15) is 6.10 Å². The molecule has 0 amide bonds. The van der Waals surface area contributed by atoms with Crippen LogP contribution in [-0.4, -0.2) is 47.8 Å². The van der Waals surface area contributed by atoms with Crippen LogP contribution in [-0.2, 0) is 4.74 Å². The Balaban J connectivity index is 1.68. The van der Waals surface area contributed by atoms with Crippen LogP contribution < -0.4 is 5.32 Å². The highest BCUT2D eigenvalue weighted by molar-refractivity contribution is 4.99. The largest absolute Gasteiger partial charge is 0.367 e. The summed E-state index contributed by atoms with van der Waals surface area (Å²) >= 11 is 0. The number of likely N-dealkylation sites (N-methyl/N-ethyl adjacent to an activating group) is 1. The fourth-order valence-electron chi connectivity index (χ4n) is 2.56. The van der Waals surface area contributed by atoms with Crippen molar-refractivity contribution in [2.75, 3.05) is 32.8 Å². The average Bonchev–Trinajstić information content (AvgIpc) is 3.09. The maximum atomic E-state index is 5.72. The molecule has 0 bridgehead atoms. The summed E-state index contributed by atoms with van der Waals surface area (Å²) in [5.74, 6) is 1.40. The fraction of sp³-hybridized carbons (Fsp3) is 0.833. The Morgan fingerprint density at radius 1 is 1.50 bits per heavy atom. The molecule has 100 valence electrons. The van der Waals surface area contributed by atoms with Crippen molar-refractivity contribution in [3.8, 4) is 0 Å². The zero-order chi connectivity index (χ0) is 12.4. The minimum Gasteiger partial charge on any atom is -0.367 e. The van der Waals surface area contributed by atoms with Crippen molar-refractivity contribution in [3.05, 3.63) is 11.7 Å². The first-order chi connectivity index (χ1) is 8.86. The second-order valence-corrected chi connectivity index (χ2v) is 4.89. The molecule has 0 saturated carbocycles. The maximum Gasteiger partial charge on any atom is 0.243 e. The molecule has 3 heterocycles. The van der Waals surface area contributed by atoms with Crippen LogP contribution in [0.1, 0.15) is 43.6 Å². The van der Waals surface area contributed by atoms with E-state index in [2.05, 4.69) is 27.3 Å². The third kappa shape index (κ3) is 2.41. The normalized spacial score (nSPS) is 29.8. The lowest BCUT2D eigenvalue weighted by Crippen LogP contribution is -2.38. The van der Waals surface area contributed by atoms with E-state index in [1.807, 2.05) is 0 Å². The average molecular weight is 252 g/mol. The summed E-state index contributed by atoms with van der Waals surface area (Å²) in [6.07, 6.45) is 2.21. The Hall–Kier alpha value is -0.980. The topological polar surface area (TPSA) is 63.4 Å². The number of hydrogen-bond acceptors (Lipinski definition) is 6. The third-order valence-corrected chi connectivity index (χ3v) is 3.70. The molecule has 6 nitrogen and oxygen atoms in total. The minimum atomic E-state index is -0.0439. The minimum absolute atomic E-state index is 0.0439. The van der Waals surface area contributed by atoms with Crippen LogP contribution in [0.2, 0.25) is 0 Å². The van der Waals surface area contributed by atoms with Crippen molar-refractivity contribution >= 4 is 0 Å². The van der Waals surface area contributed by atoms with Gasteiger partial charge in [-0.3, -0.25) is 4.90 Å². The zero-order valence-electron chi connectivity index (χ0n) is 10.8. The number of rotatable bonds is 3. The molecule has 1 N–H and O–H groups in total. The Labute approximate surface area is 107 Å². The van der Waals surface area contributed by atoms with E-state index in [4.69, 9.17) is 9.26 Å². The van der Waals surface area contributed by atoms with Crippen molar-refractivity contribution < 1.29 is 9.26 Å². The summed E-state index contributed by atoms with van der Waals surface area (Å²) in [7, 11) is 0. The summed E-state index contributed by atoms with van der Waals surface area (Å²) < 4.78 is 11.1. The van der Waals surface area contributed by atoms with E-state index in [0.717, 1.165) is 39.2 Å². The van der Waals surface area contributed by atoms with E-state index < -0.39 is 0 Å². The summed E-state index contributed by atoms with van der Waals surface area (Å²) in [5.41, 5.74) is 0. The van der Waals surface area contributed by atoms with Gasteiger partial charge in [-0.2, -0.15) is 4.98 Å². The van der Waals surface area contributed by atoms with Crippen LogP contribution in [0, 0.1) is 0 Å². The summed E-state index contributed by atoms with van der Waals surface area (Å²) in [6, 6.07) is 0.233. The van der Waals surface area contributed by atoms with Crippen molar-refractivity contribution in [3.63, 3.8) is 0 Å². The molecular formula is C12H20N4O2. The molecule has 3 rings (SSSR count). The van der Waals surface area contributed by atoms with Crippen molar-refractivity contribution in [2.24, 2.45) is 0 Å². The van der Waals surface area contributed by atoms with Gasteiger partial charge in [0.25, 0.3) is 0 Å². The van der Waals surface area contributed by atoms with Gasteiger partial charge in [-0.1, -0.05) is 12.1 Å². The van der Waals surface area contributed by atoms with Gasteiger partial charge >= 0.3 is 0 Å². The molecule has 2 atom stereocenters. The van der Waals surface area contributed by atoms with Gasteiger partial charge in [0, 0.05) is 13.1 Å². The highest BCUT2D eigenvalue weighted by Gasteiger charge is 2.28. The first kappa shape index (κ1) is 12.1. The molecular weight excluding hydrogens is 232 g/mol. The van der Waals surface area contributed by atoms with E-state index >= 15 is 0 Å². The molecule has 0 aliphatic carbocycles. The Morgan fingerprint density at radius 3 is 3.22 bits per heavy atom.